The predicted molar refractivity (Wildman–Crippen MR) is 137 cm³/mol. The second-order valence-corrected chi connectivity index (χ2v) is 9.81. The molecule has 4 aromatic rings. The van der Waals surface area contributed by atoms with Gasteiger partial charge in [-0.2, -0.15) is 0 Å². The van der Waals surface area contributed by atoms with Crippen LogP contribution in [0.25, 0.3) is 10.9 Å². The van der Waals surface area contributed by atoms with Crippen LogP contribution in [0.5, 0.6) is 0 Å². The highest BCUT2D eigenvalue weighted by Crippen LogP contribution is 2.51. The zero-order valence-electron chi connectivity index (χ0n) is 19.6. The van der Waals surface area contributed by atoms with Gasteiger partial charge in [0.15, 0.2) is 0 Å². The van der Waals surface area contributed by atoms with Crippen molar-refractivity contribution in [3.63, 3.8) is 0 Å². The number of likely N-dealkylation sites (tertiary alicyclic amines) is 1. The summed E-state index contributed by atoms with van der Waals surface area (Å²) < 4.78 is 0. The van der Waals surface area contributed by atoms with Gasteiger partial charge >= 0.3 is 0 Å². The third-order valence-electron chi connectivity index (χ3n) is 7.86. The molecule has 5 nitrogen and oxygen atoms in total. The fourth-order valence-corrected chi connectivity index (χ4v) is 6.00. The largest absolute Gasteiger partial charge is 0.390 e. The summed E-state index contributed by atoms with van der Waals surface area (Å²) in [6, 6.07) is 27.6. The first-order valence-corrected chi connectivity index (χ1v) is 12.3. The van der Waals surface area contributed by atoms with Crippen molar-refractivity contribution in [1.29, 1.82) is 0 Å². The Morgan fingerprint density at radius 1 is 0.971 bits per heavy atom. The van der Waals surface area contributed by atoms with Gasteiger partial charge < -0.3 is 10.4 Å². The first-order chi connectivity index (χ1) is 17.1. The molecule has 176 valence electrons. The number of carbonyl (C=O) groups is 1. The molecule has 35 heavy (non-hydrogen) atoms. The van der Waals surface area contributed by atoms with Crippen LogP contribution >= 0.6 is 0 Å². The number of aliphatic hydroxyl groups excluding tert-OH is 1. The molecule has 2 aliphatic rings. The molecular weight excluding hydrogens is 434 g/mol. The van der Waals surface area contributed by atoms with Crippen LogP contribution in [-0.4, -0.2) is 40.1 Å². The second-order valence-electron chi connectivity index (χ2n) is 9.81. The third kappa shape index (κ3) is 3.91. The second kappa shape index (κ2) is 8.91. The van der Waals surface area contributed by atoms with E-state index in [1.54, 1.807) is 12.1 Å². The average molecular weight is 464 g/mol. The lowest BCUT2D eigenvalue weighted by atomic mass is 9.72. The number of aromatic nitrogens is 1. The van der Waals surface area contributed by atoms with Crippen molar-refractivity contribution in [3.05, 3.63) is 113 Å². The van der Waals surface area contributed by atoms with Gasteiger partial charge in [0.25, 0.3) is 5.91 Å². The molecular formula is C30H29N3O2. The van der Waals surface area contributed by atoms with Gasteiger partial charge in [-0.25, -0.2) is 0 Å². The molecule has 1 aliphatic carbocycles. The number of hydrogen-bond acceptors (Lipinski definition) is 4. The van der Waals surface area contributed by atoms with Crippen LogP contribution in [0.1, 0.15) is 45.9 Å². The molecule has 1 fully saturated rings. The molecule has 6 rings (SSSR count). The molecule has 3 aromatic carbocycles. The van der Waals surface area contributed by atoms with Gasteiger partial charge in [0.1, 0.15) is 0 Å². The minimum absolute atomic E-state index is 0.148. The summed E-state index contributed by atoms with van der Waals surface area (Å²) in [4.78, 5) is 19.8. The lowest BCUT2D eigenvalue weighted by Gasteiger charge is -2.43. The normalized spacial score (nSPS) is 21.2. The Morgan fingerprint density at radius 3 is 2.57 bits per heavy atom. The Kier molecular flexibility index (Phi) is 5.59. The highest BCUT2D eigenvalue weighted by molar-refractivity contribution is 5.94. The molecule has 0 radical (unpaired) electrons. The number of hydrogen-bond donors (Lipinski definition) is 2. The summed E-state index contributed by atoms with van der Waals surface area (Å²) in [5.41, 5.74) is 4.79. The zero-order chi connectivity index (χ0) is 23.8. The number of rotatable bonds is 4. The van der Waals surface area contributed by atoms with Crippen LogP contribution in [0.15, 0.2) is 91.1 Å². The van der Waals surface area contributed by atoms with Crippen LogP contribution in [0, 0.1) is 0 Å². The minimum atomic E-state index is -0.651. The Bertz CT molecular complexity index is 1360. The number of benzene rings is 3. The Hall–Kier alpha value is -3.54. The maximum atomic E-state index is 12.9. The molecule has 1 aromatic heterocycles. The monoisotopic (exact) mass is 463 g/mol. The fourth-order valence-electron chi connectivity index (χ4n) is 6.00. The van der Waals surface area contributed by atoms with Crippen molar-refractivity contribution in [2.45, 2.75) is 36.9 Å². The van der Waals surface area contributed by atoms with Gasteiger partial charge in [-0.15, -0.1) is 0 Å². The highest BCUT2D eigenvalue weighted by atomic mass is 16.3. The molecule has 2 heterocycles. The van der Waals surface area contributed by atoms with Gasteiger partial charge in [0.2, 0.25) is 0 Å². The van der Waals surface area contributed by atoms with E-state index < -0.39 is 12.1 Å². The standard InChI is InChI=1S/C30H29N3O2/c34-28-27(32-29(35)22-7-2-1-3-8-22)24-10-4-5-11-25(24)30(28)14-17-33(18-15-30)20-21-12-13-26-23(19-21)9-6-16-31-26/h1-13,16,19,27-28,34H,14-15,17-18,20H2,(H,32,35)/t27-,28+/m0/s1. The maximum absolute atomic E-state index is 12.9. The number of amides is 1. The van der Waals surface area contributed by atoms with Crippen LogP contribution in [0.2, 0.25) is 0 Å². The van der Waals surface area contributed by atoms with Gasteiger partial charge in [-0.05, 0) is 73.0 Å². The van der Waals surface area contributed by atoms with Crippen molar-refractivity contribution in [3.8, 4) is 0 Å². The van der Waals surface area contributed by atoms with Crippen molar-refractivity contribution in [2.24, 2.45) is 0 Å². The van der Waals surface area contributed by atoms with Crippen LogP contribution in [0.4, 0.5) is 0 Å². The first-order valence-electron chi connectivity index (χ1n) is 12.3. The van der Waals surface area contributed by atoms with Crippen molar-refractivity contribution in [1.82, 2.24) is 15.2 Å². The first kappa shape index (κ1) is 22.0. The fraction of sp³-hybridized carbons (Fsp3) is 0.267. The molecule has 1 saturated heterocycles. The topological polar surface area (TPSA) is 65.5 Å². The number of nitrogens with zero attached hydrogens (tertiary/aromatic N) is 2. The lowest BCUT2D eigenvalue weighted by molar-refractivity contribution is 0.0193. The number of nitrogens with one attached hydrogen (secondary N) is 1. The molecule has 0 unspecified atom stereocenters. The smallest absolute Gasteiger partial charge is 0.251 e. The molecule has 5 heteroatoms. The van der Waals surface area contributed by atoms with Crippen LogP contribution in [-0.2, 0) is 12.0 Å². The predicted octanol–water partition coefficient (Wildman–Crippen LogP) is 4.61. The Labute approximate surface area is 205 Å². The molecule has 1 spiro atoms. The molecule has 2 N–H and O–H groups in total. The SMILES string of the molecule is O=C(N[C@H]1c2ccccc2C2(CCN(Cc3ccc4ncccc4c3)CC2)[C@@H]1O)c1ccccc1. The van der Waals surface area contributed by atoms with E-state index in [0.29, 0.717) is 5.56 Å². The summed E-state index contributed by atoms with van der Waals surface area (Å²) in [5, 5.41) is 15.9. The minimum Gasteiger partial charge on any atom is -0.390 e. The summed E-state index contributed by atoms with van der Waals surface area (Å²) >= 11 is 0. The Morgan fingerprint density at radius 2 is 1.74 bits per heavy atom. The van der Waals surface area contributed by atoms with E-state index in [2.05, 4.69) is 51.6 Å². The van der Waals surface area contributed by atoms with Crippen LogP contribution in [0.3, 0.4) is 0 Å². The number of pyridine rings is 1. The summed E-state index contributed by atoms with van der Waals surface area (Å²) in [7, 11) is 0. The van der Waals surface area contributed by atoms with Crippen molar-refractivity contribution in [2.75, 3.05) is 13.1 Å². The van der Waals surface area contributed by atoms with Gasteiger partial charge in [-0.3, -0.25) is 14.7 Å². The molecule has 0 saturated carbocycles. The average Bonchev–Trinajstić information content (AvgIpc) is 3.13. The number of piperidine rings is 1. The number of aliphatic hydroxyl groups is 1. The van der Waals surface area contributed by atoms with E-state index in [-0.39, 0.29) is 11.3 Å². The highest BCUT2D eigenvalue weighted by Gasteiger charge is 2.52. The van der Waals surface area contributed by atoms with Crippen molar-refractivity contribution >= 4 is 16.8 Å². The number of fused-ring (bicyclic) bond motifs is 3. The van der Waals surface area contributed by atoms with Gasteiger partial charge in [0.05, 0.1) is 17.7 Å². The quantitative estimate of drug-likeness (QED) is 0.464. The number of carbonyl (C=O) groups excluding carboxylic acids is 1. The third-order valence-corrected chi connectivity index (χ3v) is 7.86. The summed E-state index contributed by atoms with van der Waals surface area (Å²) in [6.07, 6.45) is 2.89. The van der Waals surface area contributed by atoms with E-state index >= 15 is 0 Å². The van der Waals surface area contributed by atoms with Gasteiger partial charge in [0, 0.05) is 29.1 Å². The summed E-state index contributed by atoms with van der Waals surface area (Å²) in [5.74, 6) is -0.148. The van der Waals surface area contributed by atoms with E-state index in [1.165, 1.54) is 11.1 Å². The van der Waals surface area contributed by atoms with E-state index in [4.69, 9.17) is 0 Å². The zero-order valence-corrected chi connectivity index (χ0v) is 19.6. The van der Waals surface area contributed by atoms with E-state index in [0.717, 1.165) is 48.9 Å². The maximum Gasteiger partial charge on any atom is 0.251 e. The molecule has 1 aliphatic heterocycles. The van der Waals surface area contributed by atoms with E-state index in [1.807, 2.05) is 42.6 Å². The molecule has 2 atom stereocenters. The van der Waals surface area contributed by atoms with E-state index in [9.17, 15) is 9.90 Å². The lowest BCUT2D eigenvalue weighted by Crippen LogP contribution is -2.49. The molecule has 1 amide bonds. The van der Waals surface area contributed by atoms with Crippen LogP contribution < -0.4 is 5.32 Å². The Balaban J connectivity index is 1.20. The molecule has 0 bridgehead atoms. The summed E-state index contributed by atoms with van der Waals surface area (Å²) in [6.45, 7) is 2.68. The van der Waals surface area contributed by atoms with Gasteiger partial charge in [-0.1, -0.05) is 54.6 Å². The van der Waals surface area contributed by atoms with Crippen molar-refractivity contribution < 1.29 is 9.90 Å².